The maximum absolute atomic E-state index is 11.2. The van der Waals surface area contributed by atoms with Gasteiger partial charge in [0.05, 0.1) is 12.7 Å². The van der Waals surface area contributed by atoms with Gasteiger partial charge in [0.1, 0.15) is 0 Å². The van der Waals surface area contributed by atoms with E-state index in [-0.39, 0.29) is 19.1 Å². The van der Waals surface area contributed by atoms with Crippen LogP contribution in [0.3, 0.4) is 0 Å². The molecule has 5 nitrogen and oxygen atoms in total. The lowest BCUT2D eigenvalue weighted by molar-refractivity contribution is -0.120. The first kappa shape index (κ1) is 14.5. The van der Waals surface area contributed by atoms with Crippen molar-refractivity contribution in [3.63, 3.8) is 0 Å². The summed E-state index contributed by atoms with van der Waals surface area (Å²) in [4.78, 5) is 11.2. The molecule has 0 heterocycles. The van der Waals surface area contributed by atoms with E-state index in [2.05, 4.69) is 10.6 Å². The van der Waals surface area contributed by atoms with Gasteiger partial charge in [-0.1, -0.05) is 18.2 Å². The molecule has 0 aliphatic heterocycles. The molecule has 0 aliphatic rings. The number of rotatable bonds is 7. The van der Waals surface area contributed by atoms with Gasteiger partial charge < -0.3 is 20.8 Å². The zero-order valence-corrected chi connectivity index (χ0v) is 10.5. The Morgan fingerprint density at radius 1 is 1.39 bits per heavy atom. The summed E-state index contributed by atoms with van der Waals surface area (Å²) in [6, 6.07) is 7.63. The predicted molar refractivity (Wildman–Crippen MR) is 70.4 cm³/mol. The van der Waals surface area contributed by atoms with E-state index in [1.165, 1.54) is 0 Å². The van der Waals surface area contributed by atoms with Crippen LogP contribution in [0.1, 0.15) is 12.0 Å². The Bertz CT molecular complexity index is 382. The minimum atomic E-state index is -0.781. The largest absolute Gasteiger partial charge is 0.394 e. The Kier molecular flexibility index (Phi) is 6.18. The molecule has 1 amide bonds. The van der Waals surface area contributed by atoms with Crippen molar-refractivity contribution in [1.29, 1.82) is 0 Å². The zero-order chi connectivity index (χ0) is 13.4. The molecule has 4 N–H and O–H groups in total. The van der Waals surface area contributed by atoms with Crippen LogP contribution >= 0.6 is 0 Å². The highest BCUT2D eigenvalue weighted by Gasteiger charge is 2.06. The SMILES string of the molecule is CNC(=O)CCc1ccccc1NCC(O)CO. The third-order valence-corrected chi connectivity index (χ3v) is 2.66. The topological polar surface area (TPSA) is 81.6 Å². The number of aryl methyl sites for hydroxylation is 1. The number of nitrogens with one attached hydrogen (secondary N) is 2. The molecule has 5 heteroatoms. The minimum absolute atomic E-state index is 0.000181. The Morgan fingerprint density at radius 2 is 2.11 bits per heavy atom. The molecule has 1 unspecified atom stereocenters. The Labute approximate surface area is 107 Å². The molecule has 18 heavy (non-hydrogen) atoms. The first-order valence-corrected chi connectivity index (χ1v) is 5.98. The van der Waals surface area contributed by atoms with E-state index in [0.29, 0.717) is 12.8 Å². The maximum Gasteiger partial charge on any atom is 0.220 e. The summed E-state index contributed by atoms with van der Waals surface area (Å²) >= 11 is 0. The van der Waals surface area contributed by atoms with Crippen molar-refractivity contribution >= 4 is 11.6 Å². The number of aliphatic hydroxyl groups is 2. The molecule has 0 spiro atoms. The van der Waals surface area contributed by atoms with Crippen LogP contribution in [0.4, 0.5) is 5.69 Å². The smallest absolute Gasteiger partial charge is 0.220 e. The Balaban J connectivity index is 2.58. The Hall–Kier alpha value is -1.59. The highest BCUT2D eigenvalue weighted by molar-refractivity contribution is 5.76. The van der Waals surface area contributed by atoms with E-state index >= 15 is 0 Å². The fourth-order valence-corrected chi connectivity index (χ4v) is 1.58. The van der Waals surface area contributed by atoms with Crippen LogP contribution in [0.5, 0.6) is 0 Å². The summed E-state index contributed by atoms with van der Waals surface area (Å²) in [7, 11) is 1.62. The molecule has 0 saturated heterocycles. The van der Waals surface area contributed by atoms with Crippen molar-refractivity contribution in [2.75, 3.05) is 25.5 Å². The highest BCUT2D eigenvalue weighted by Crippen LogP contribution is 2.16. The van der Waals surface area contributed by atoms with Gasteiger partial charge in [-0.05, 0) is 18.1 Å². The number of amides is 1. The second-order valence-corrected chi connectivity index (χ2v) is 4.05. The molecule has 0 aliphatic carbocycles. The van der Waals surface area contributed by atoms with Gasteiger partial charge in [0.25, 0.3) is 0 Å². The molecular weight excluding hydrogens is 232 g/mol. The quantitative estimate of drug-likeness (QED) is 0.556. The lowest BCUT2D eigenvalue weighted by Gasteiger charge is -2.14. The van der Waals surface area contributed by atoms with Gasteiger partial charge in [0, 0.05) is 25.7 Å². The van der Waals surface area contributed by atoms with Gasteiger partial charge in [-0.25, -0.2) is 0 Å². The van der Waals surface area contributed by atoms with Crippen molar-refractivity contribution in [2.24, 2.45) is 0 Å². The molecular formula is C13H20N2O3. The predicted octanol–water partition coefficient (Wildman–Crippen LogP) is 0.130. The summed E-state index contributed by atoms with van der Waals surface area (Å²) in [5.41, 5.74) is 1.90. The van der Waals surface area contributed by atoms with E-state index in [1.807, 2.05) is 24.3 Å². The average molecular weight is 252 g/mol. The van der Waals surface area contributed by atoms with Crippen LogP contribution in [-0.4, -0.2) is 42.4 Å². The highest BCUT2D eigenvalue weighted by atomic mass is 16.3. The van der Waals surface area contributed by atoms with Gasteiger partial charge >= 0.3 is 0 Å². The van der Waals surface area contributed by atoms with Crippen molar-refractivity contribution in [3.8, 4) is 0 Å². The molecule has 1 atom stereocenters. The molecule has 0 fully saturated rings. The van der Waals surface area contributed by atoms with Gasteiger partial charge in [0.2, 0.25) is 5.91 Å². The second-order valence-electron chi connectivity index (χ2n) is 4.05. The molecule has 0 aromatic heterocycles. The minimum Gasteiger partial charge on any atom is -0.394 e. The first-order chi connectivity index (χ1) is 8.67. The molecule has 1 aromatic carbocycles. The van der Waals surface area contributed by atoms with Crippen LogP contribution in [0.2, 0.25) is 0 Å². The van der Waals surface area contributed by atoms with Gasteiger partial charge in [-0.3, -0.25) is 4.79 Å². The normalized spacial score (nSPS) is 11.9. The molecule has 0 bridgehead atoms. The van der Waals surface area contributed by atoms with E-state index in [0.717, 1.165) is 11.3 Å². The van der Waals surface area contributed by atoms with Crippen LogP contribution in [0.15, 0.2) is 24.3 Å². The number of anilines is 1. The number of hydrogen-bond donors (Lipinski definition) is 4. The zero-order valence-electron chi connectivity index (χ0n) is 10.5. The van der Waals surface area contributed by atoms with Crippen molar-refractivity contribution < 1.29 is 15.0 Å². The third kappa shape index (κ3) is 4.73. The molecule has 0 radical (unpaired) electrons. The Morgan fingerprint density at radius 3 is 2.78 bits per heavy atom. The van der Waals surface area contributed by atoms with Crippen molar-refractivity contribution in [2.45, 2.75) is 18.9 Å². The van der Waals surface area contributed by atoms with Gasteiger partial charge in [-0.2, -0.15) is 0 Å². The van der Waals surface area contributed by atoms with Crippen LogP contribution in [-0.2, 0) is 11.2 Å². The number of aliphatic hydroxyl groups excluding tert-OH is 2. The van der Waals surface area contributed by atoms with E-state index < -0.39 is 6.10 Å². The van der Waals surface area contributed by atoms with E-state index in [4.69, 9.17) is 5.11 Å². The summed E-state index contributed by atoms with van der Waals surface area (Å²) in [6.07, 6.45) is 0.285. The number of carbonyl (C=O) groups excluding carboxylic acids is 1. The van der Waals surface area contributed by atoms with Crippen molar-refractivity contribution in [1.82, 2.24) is 5.32 Å². The number of hydrogen-bond acceptors (Lipinski definition) is 4. The fourth-order valence-electron chi connectivity index (χ4n) is 1.58. The van der Waals surface area contributed by atoms with Crippen LogP contribution < -0.4 is 10.6 Å². The molecule has 1 aromatic rings. The van der Waals surface area contributed by atoms with Crippen LogP contribution in [0.25, 0.3) is 0 Å². The summed E-state index contributed by atoms with van der Waals surface area (Å²) in [5.74, 6) is 0.000181. The average Bonchev–Trinajstić information content (AvgIpc) is 2.42. The number of para-hydroxylation sites is 1. The molecule has 1 rings (SSSR count). The number of carbonyl (C=O) groups is 1. The van der Waals surface area contributed by atoms with Gasteiger partial charge in [0.15, 0.2) is 0 Å². The summed E-state index contributed by atoms with van der Waals surface area (Å²) in [6.45, 7) is 0.0148. The third-order valence-electron chi connectivity index (χ3n) is 2.66. The lowest BCUT2D eigenvalue weighted by atomic mass is 10.1. The monoisotopic (exact) mass is 252 g/mol. The maximum atomic E-state index is 11.2. The molecule has 100 valence electrons. The van der Waals surface area contributed by atoms with Gasteiger partial charge in [-0.15, -0.1) is 0 Å². The first-order valence-electron chi connectivity index (χ1n) is 5.98. The van der Waals surface area contributed by atoms with E-state index in [9.17, 15) is 9.90 Å². The van der Waals surface area contributed by atoms with Crippen LogP contribution in [0, 0.1) is 0 Å². The summed E-state index contributed by atoms with van der Waals surface area (Å²) < 4.78 is 0. The second kappa shape index (κ2) is 7.68. The standard InChI is InChI=1S/C13H20N2O3/c1-14-13(18)7-6-10-4-2-3-5-12(10)15-8-11(17)9-16/h2-5,11,15-17H,6-9H2,1H3,(H,14,18). The lowest BCUT2D eigenvalue weighted by Crippen LogP contribution is -2.23. The summed E-state index contributed by atoms with van der Waals surface area (Å²) in [5, 5.41) is 23.7. The fraction of sp³-hybridized carbons (Fsp3) is 0.462. The molecule has 0 saturated carbocycles. The number of benzene rings is 1. The van der Waals surface area contributed by atoms with E-state index in [1.54, 1.807) is 7.05 Å². The van der Waals surface area contributed by atoms with Crippen molar-refractivity contribution in [3.05, 3.63) is 29.8 Å².